The molecule has 0 atom stereocenters. The van der Waals surface area contributed by atoms with Crippen molar-refractivity contribution in [3.05, 3.63) is 24.3 Å². The van der Waals surface area contributed by atoms with E-state index in [0.29, 0.717) is 0 Å². The van der Waals surface area contributed by atoms with Gasteiger partial charge in [0.05, 0.1) is 0 Å². The van der Waals surface area contributed by atoms with Crippen LogP contribution in [-0.4, -0.2) is 0 Å². The number of hydrogen-bond acceptors (Lipinski definition) is 1. The second-order valence-electron chi connectivity index (χ2n) is 1.58. The maximum absolute atomic E-state index is 5.01. The molecule has 0 radical (unpaired) electrons. The first-order valence-electron chi connectivity index (χ1n) is 3.23. The van der Waals surface area contributed by atoms with Crippen molar-refractivity contribution in [2.75, 3.05) is 0 Å². The summed E-state index contributed by atoms with van der Waals surface area (Å²) < 4.78 is 5.01. The number of fused-ring (bicyclic) bond motifs is 2. The smallest absolute Gasteiger partial charge is 0.131 e. The van der Waals surface area contributed by atoms with Gasteiger partial charge in [-0.1, -0.05) is 19.9 Å². The Morgan fingerprint density at radius 1 is 1.11 bits per heavy atom. The fraction of sp³-hybridized carbons (Fsp3) is 0.250. The lowest BCUT2D eigenvalue weighted by molar-refractivity contribution is 0.438. The Morgan fingerprint density at radius 3 is 1.67 bits per heavy atom. The fourth-order valence-electron chi connectivity index (χ4n) is 0.679. The Bertz CT molecular complexity index is 169. The maximum atomic E-state index is 5.01. The van der Waals surface area contributed by atoms with Gasteiger partial charge in [0.1, 0.15) is 11.5 Å². The standard InChI is InChI=1S/C6H4O.C2H6/c1-2-5-4-6(3-1)7-5;1-2/h1-4H;1-2H3. The largest absolute Gasteiger partial charge is 0.457 e. The molecule has 2 heterocycles. The first kappa shape index (κ1) is 6.14. The van der Waals surface area contributed by atoms with E-state index >= 15 is 0 Å². The molecule has 1 aromatic rings. The number of rotatable bonds is 0. The van der Waals surface area contributed by atoms with Gasteiger partial charge < -0.3 is 4.74 Å². The highest BCUT2D eigenvalue weighted by molar-refractivity contribution is 5.43. The lowest BCUT2D eigenvalue weighted by Gasteiger charge is -2.13. The number of benzene rings is 1. The molecule has 0 saturated heterocycles. The van der Waals surface area contributed by atoms with Crippen molar-refractivity contribution in [3.8, 4) is 11.5 Å². The fourth-order valence-corrected chi connectivity index (χ4v) is 0.679. The molecule has 0 spiro atoms. The molecule has 1 nitrogen and oxygen atoms in total. The Hall–Kier alpha value is -0.980. The van der Waals surface area contributed by atoms with Crippen LogP contribution in [0.3, 0.4) is 0 Å². The van der Waals surface area contributed by atoms with Gasteiger partial charge in [-0.05, 0) is 12.1 Å². The summed E-state index contributed by atoms with van der Waals surface area (Å²) in [6.45, 7) is 4.00. The van der Waals surface area contributed by atoms with Gasteiger partial charge in [0, 0.05) is 6.07 Å². The second-order valence-corrected chi connectivity index (χ2v) is 1.58. The van der Waals surface area contributed by atoms with Crippen molar-refractivity contribution in [1.82, 2.24) is 0 Å². The minimum Gasteiger partial charge on any atom is -0.457 e. The molecule has 9 heavy (non-hydrogen) atoms. The molecule has 2 aliphatic rings. The third kappa shape index (κ3) is 1.04. The highest BCUT2D eigenvalue weighted by Gasteiger charge is 2.05. The zero-order valence-corrected chi connectivity index (χ0v) is 5.72. The van der Waals surface area contributed by atoms with E-state index in [1.165, 1.54) is 0 Å². The Balaban J connectivity index is 0.000000186. The van der Waals surface area contributed by atoms with Crippen LogP contribution in [0.5, 0.6) is 11.5 Å². The third-order valence-corrected chi connectivity index (χ3v) is 1.04. The number of ether oxygens (including phenoxy) is 1. The summed E-state index contributed by atoms with van der Waals surface area (Å²) in [7, 11) is 0. The van der Waals surface area contributed by atoms with Crippen LogP contribution in [0.4, 0.5) is 0 Å². The topological polar surface area (TPSA) is 9.23 Å². The van der Waals surface area contributed by atoms with Crippen molar-refractivity contribution >= 4 is 0 Å². The monoisotopic (exact) mass is 122 g/mol. The van der Waals surface area contributed by atoms with Crippen molar-refractivity contribution in [3.63, 3.8) is 0 Å². The van der Waals surface area contributed by atoms with Gasteiger partial charge in [-0.3, -0.25) is 0 Å². The van der Waals surface area contributed by atoms with Crippen molar-refractivity contribution in [1.29, 1.82) is 0 Å². The molecule has 48 valence electrons. The molecule has 2 bridgehead atoms. The molecule has 0 aromatic heterocycles. The molecule has 0 fully saturated rings. The van der Waals surface area contributed by atoms with Gasteiger partial charge in [0.25, 0.3) is 0 Å². The van der Waals surface area contributed by atoms with Gasteiger partial charge >= 0.3 is 0 Å². The zero-order valence-electron chi connectivity index (χ0n) is 5.72. The normalized spacial score (nSPS) is 10.0. The summed E-state index contributed by atoms with van der Waals surface area (Å²) in [5.74, 6) is 1.97. The summed E-state index contributed by atoms with van der Waals surface area (Å²) >= 11 is 0. The third-order valence-electron chi connectivity index (χ3n) is 1.04. The molecule has 0 amide bonds. The average molecular weight is 122 g/mol. The molecule has 0 aliphatic carbocycles. The summed E-state index contributed by atoms with van der Waals surface area (Å²) in [5, 5.41) is 0. The van der Waals surface area contributed by atoms with E-state index in [2.05, 4.69) is 0 Å². The molecule has 0 N–H and O–H groups in total. The minimum atomic E-state index is 0.984. The molecular weight excluding hydrogens is 112 g/mol. The average Bonchev–Trinajstić information content (AvgIpc) is 1.93. The summed E-state index contributed by atoms with van der Waals surface area (Å²) in [6.07, 6.45) is 0. The van der Waals surface area contributed by atoms with Crippen LogP contribution >= 0.6 is 0 Å². The van der Waals surface area contributed by atoms with Gasteiger partial charge in [-0.15, -0.1) is 0 Å². The SMILES string of the molecule is CC.c1cc2cc(c1)O2. The first-order valence-corrected chi connectivity index (χ1v) is 3.23. The Kier molecular flexibility index (Phi) is 1.73. The second kappa shape index (κ2) is 2.53. The summed E-state index contributed by atoms with van der Waals surface area (Å²) in [6, 6.07) is 7.86. The van der Waals surface area contributed by atoms with Gasteiger partial charge in [-0.25, -0.2) is 0 Å². The molecule has 1 aromatic carbocycles. The Morgan fingerprint density at radius 2 is 1.56 bits per heavy atom. The van der Waals surface area contributed by atoms with Gasteiger partial charge in [0.2, 0.25) is 0 Å². The van der Waals surface area contributed by atoms with Crippen LogP contribution in [-0.2, 0) is 0 Å². The van der Waals surface area contributed by atoms with Crippen molar-refractivity contribution in [2.24, 2.45) is 0 Å². The van der Waals surface area contributed by atoms with Gasteiger partial charge in [0.15, 0.2) is 0 Å². The van der Waals surface area contributed by atoms with E-state index in [-0.39, 0.29) is 0 Å². The van der Waals surface area contributed by atoms with Crippen LogP contribution in [0.2, 0.25) is 0 Å². The predicted octanol–water partition coefficient (Wildman–Crippen LogP) is 2.82. The first-order chi connectivity index (χ1) is 4.45. The van der Waals surface area contributed by atoms with Crippen LogP contribution < -0.4 is 4.74 Å². The van der Waals surface area contributed by atoms with Crippen LogP contribution in [0.1, 0.15) is 13.8 Å². The highest BCUT2D eigenvalue weighted by Crippen LogP contribution is 2.32. The predicted molar refractivity (Wildman–Crippen MR) is 37.9 cm³/mol. The molecule has 3 rings (SSSR count). The number of hydrogen-bond donors (Lipinski definition) is 0. The minimum absolute atomic E-state index is 0.984. The molecule has 1 heteroatoms. The van der Waals surface area contributed by atoms with E-state index in [0.717, 1.165) is 11.5 Å². The van der Waals surface area contributed by atoms with Gasteiger partial charge in [-0.2, -0.15) is 0 Å². The van der Waals surface area contributed by atoms with Crippen LogP contribution in [0, 0.1) is 0 Å². The molecular formula is C8H10O. The van der Waals surface area contributed by atoms with E-state index < -0.39 is 0 Å². The summed E-state index contributed by atoms with van der Waals surface area (Å²) in [5.41, 5.74) is 0. The quantitative estimate of drug-likeness (QED) is 0.522. The molecule has 2 aliphatic heterocycles. The summed E-state index contributed by atoms with van der Waals surface area (Å²) in [4.78, 5) is 0. The van der Waals surface area contributed by atoms with E-state index in [9.17, 15) is 0 Å². The highest BCUT2D eigenvalue weighted by atomic mass is 16.5. The van der Waals surface area contributed by atoms with E-state index in [1.54, 1.807) is 0 Å². The van der Waals surface area contributed by atoms with Crippen LogP contribution in [0.25, 0.3) is 0 Å². The lowest BCUT2D eigenvalue weighted by Crippen LogP contribution is -1.91. The lowest BCUT2D eigenvalue weighted by atomic mass is 10.2. The molecule has 0 saturated carbocycles. The van der Waals surface area contributed by atoms with E-state index in [4.69, 9.17) is 4.74 Å². The van der Waals surface area contributed by atoms with E-state index in [1.807, 2.05) is 38.1 Å². The maximum Gasteiger partial charge on any atom is 0.131 e. The molecule has 0 unspecified atom stereocenters. The van der Waals surface area contributed by atoms with Crippen LogP contribution in [0.15, 0.2) is 24.3 Å². The van der Waals surface area contributed by atoms with Crippen molar-refractivity contribution < 1.29 is 4.74 Å². The Labute approximate surface area is 55.3 Å². The zero-order chi connectivity index (χ0) is 6.69. The van der Waals surface area contributed by atoms with Crippen molar-refractivity contribution in [2.45, 2.75) is 13.8 Å².